The number of hydrogen-bond donors (Lipinski definition) is 2. The zero-order chi connectivity index (χ0) is 26.1. The Kier molecular flexibility index (Phi) is 8.81. The summed E-state index contributed by atoms with van der Waals surface area (Å²) < 4.78 is 8.83. The van der Waals surface area contributed by atoms with Crippen molar-refractivity contribution in [1.82, 2.24) is 0 Å². The summed E-state index contributed by atoms with van der Waals surface area (Å²) in [5, 5.41) is 18.1. The van der Waals surface area contributed by atoms with Gasteiger partial charge >= 0.3 is 6.16 Å². The minimum absolute atomic E-state index is 0.0334. The molecule has 0 bridgehead atoms. The molecule has 206 valence electrons. The third kappa shape index (κ3) is 5.98. The average Bonchev–Trinajstić information content (AvgIpc) is 3.58. The quantitative estimate of drug-likeness (QED) is 0.214. The number of carboxylic acid groups (broad SMARTS) is 1. The molecule has 2 N–H and O–H groups in total. The van der Waals surface area contributed by atoms with Crippen molar-refractivity contribution < 1.29 is 24.5 Å². The van der Waals surface area contributed by atoms with E-state index in [4.69, 9.17) is 5.11 Å². The lowest BCUT2D eigenvalue weighted by Gasteiger charge is -2.58. The van der Waals surface area contributed by atoms with Gasteiger partial charge in [0.15, 0.2) is 0 Å². The number of ether oxygens (including phenoxy) is 2. The van der Waals surface area contributed by atoms with Gasteiger partial charge in [0.1, 0.15) is 12.7 Å². The summed E-state index contributed by atoms with van der Waals surface area (Å²) in [5.41, 5.74) is 2.60. The van der Waals surface area contributed by atoms with Crippen LogP contribution in [0.5, 0.6) is 0 Å². The molecule has 5 rings (SSSR count). The Bertz CT molecular complexity index is 788. The fourth-order valence-electron chi connectivity index (χ4n) is 8.99. The molecule has 5 aliphatic rings. The molecule has 1 heterocycles. The highest BCUT2D eigenvalue weighted by Crippen LogP contribution is 2.67. The van der Waals surface area contributed by atoms with Gasteiger partial charge in [-0.2, -0.15) is 0 Å². The van der Waals surface area contributed by atoms with Crippen molar-refractivity contribution in [2.24, 2.45) is 46.3 Å². The number of hydrogen-bond acceptors (Lipinski definition) is 4. The summed E-state index contributed by atoms with van der Waals surface area (Å²) in [6.45, 7) is 13.4. The molecule has 2 unspecified atom stereocenters. The van der Waals surface area contributed by atoms with E-state index in [9.17, 15) is 9.90 Å². The van der Waals surface area contributed by atoms with E-state index in [0.29, 0.717) is 17.4 Å². The molecule has 0 radical (unpaired) electrons. The first-order valence-electron chi connectivity index (χ1n) is 14.9. The average molecular weight is 505 g/mol. The van der Waals surface area contributed by atoms with Gasteiger partial charge in [-0.15, -0.1) is 0 Å². The monoisotopic (exact) mass is 504 g/mol. The predicted molar refractivity (Wildman–Crippen MR) is 143 cm³/mol. The lowest BCUT2D eigenvalue weighted by atomic mass is 9.47. The van der Waals surface area contributed by atoms with Crippen LogP contribution in [0.1, 0.15) is 105 Å². The highest BCUT2D eigenvalue weighted by Gasteiger charge is 2.59. The first kappa shape index (κ1) is 28.0. The molecule has 5 nitrogen and oxygen atoms in total. The predicted octanol–water partition coefficient (Wildman–Crippen LogP) is 7.47. The molecular formula is C31H52O5. The maximum absolute atomic E-state index is 10.2. The van der Waals surface area contributed by atoms with Crippen LogP contribution in [0.4, 0.5) is 4.79 Å². The van der Waals surface area contributed by atoms with Gasteiger partial charge in [-0.25, -0.2) is 4.79 Å². The Hall–Kier alpha value is -1.07. The van der Waals surface area contributed by atoms with E-state index in [1.54, 1.807) is 5.57 Å². The second kappa shape index (κ2) is 11.4. The van der Waals surface area contributed by atoms with E-state index in [2.05, 4.69) is 50.2 Å². The lowest BCUT2D eigenvalue weighted by molar-refractivity contribution is -0.0573. The van der Waals surface area contributed by atoms with E-state index >= 15 is 0 Å². The molecule has 9 atom stereocenters. The third-order valence-electron chi connectivity index (χ3n) is 11.1. The van der Waals surface area contributed by atoms with Gasteiger partial charge < -0.3 is 19.7 Å². The Morgan fingerprint density at radius 3 is 2.53 bits per heavy atom. The van der Waals surface area contributed by atoms with Crippen molar-refractivity contribution in [2.45, 2.75) is 117 Å². The van der Waals surface area contributed by atoms with Crippen molar-refractivity contribution in [3.63, 3.8) is 0 Å². The van der Waals surface area contributed by atoms with Gasteiger partial charge in [0, 0.05) is 0 Å². The second-order valence-electron chi connectivity index (χ2n) is 13.7. The topological polar surface area (TPSA) is 79.3 Å². The Labute approximate surface area is 219 Å². The fourth-order valence-corrected chi connectivity index (χ4v) is 8.99. The standard InChI is InChI=1S/C27H46O.C4H6O4/c1-18(2)7-6-8-19(3)23-11-12-24-22-10-9-20-17-21(28)13-15-26(20,4)25(22)14-16-27(23,24)5;5-4(6)8-2-3-1-7-3/h9,18-19,21-25,28H,6-8,10-17H2,1-5H3;3H,1-2H2,(H,5,6)/t19?,21-,22-,23+,24-,25-,26-,27+;/m0./s1. The highest BCUT2D eigenvalue weighted by atomic mass is 16.7. The molecule has 0 spiro atoms. The van der Waals surface area contributed by atoms with E-state index in [1.807, 2.05) is 0 Å². The van der Waals surface area contributed by atoms with Gasteiger partial charge in [-0.1, -0.05) is 65.5 Å². The zero-order valence-electron chi connectivity index (χ0n) is 23.5. The summed E-state index contributed by atoms with van der Waals surface area (Å²) in [4.78, 5) is 9.65. The number of allylic oxidation sites excluding steroid dienone is 1. The molecule has 0 aromatic carbocycles. The van der Waals surface area contributed by atoms with E-state index in [0.717, 1.165) is 48.3 Å². The highest BCUT2D eigenvalue weighted by molar-refractivity contribution is 5.56. The Morgan fingerprint density at radius 1 is 1.11 bits per heavy atom. The van der Waals surface area contributed by atoms with Gasteiger partial charge in [0.05, 0.1) is 12.7 Å². The van der Waals surface area contributed by atoms with Crippen LogP contribution in [-0.4, -0.2) is 41.8 Å². The van der Waals surface area contributed by atoms with Gasteiger partial charge in [0.25, 0.3) is 0 Å². The number of fused-ring (bicyclic) bond motifs is 5. The molecule has 4 aliphatic carbocycles. The van der Waals surface area contributed by atoms with E-state index in [1.165, 1.54) is 57.8 Å². The second-order valence-corrected chi connectivity index (χ2v) is 13.7. The first-order chi connectivity index (χ1) is 17.0. The van der Waals surface area contributed by atoms with Crippen LogP contribution < -0.4 is 0 Å². The van der Waals surface area contributed by atoms with Crippen molar-refractivity contribution in [3.05, 3.63) is 11.6 Å². The van der Waals surface area contributed by atoms with Crippen LogP contribution in [0.2, 0.25) is 0 Å². The fraction of sp³-hybridized carbons (Fsp3) is 0.903. The smallest absolute Gasteiger partial charge is 0.450 e. The summed E-state index contributed by atoms with van der Waals surface area (Å²) in [7, 11) is 0. The Morgan fingerprint density at radius 2 is 1.86 bits per heavy atom. The van der Waals surface area contributed by atoms with Gasteiger partial charge in [-0.05, 0) is 97.7 Å². The summed E-state index contributed by atoms with van der Waals surface area (Å²) in [6.07, 6.45) is 16.0. The zero-order valence-corrected chi connectivity index (χ0v) is 23.5. The molecule has 36 heavy (non-hydrogen) atoms. The van der Waals surface area contributed by atoms with E-state index < -0.39 is 6.16 Å². The van der Waals surface area contributed by atoms with Crippen molar-refractivity contribution in [2.75, 3.05) is 13.2 Å². The van der Waals surface area contributed by atoms with Crippen LogP contribution >= 0.6 is 0 Å². The summed E-state index contributed by atoms with van der Waals surface area (Å²) in [6, 6.07) is 0. The maximum Gasteiger partial charge on any atom is 0.505 e. The number of aliphatic hydroxyl groups excluding tert-OH is 1. The number of rotatable bonds is 7. The normalized spacial score (nSPS) is 41.7. The minimum atomic E-state index is -1.24. The molecule has 0 amide bonds. The minimum Gasteiger partial charge on any atom is -0.450 e. The molecule has 1 saturated heterocycles. The SMILES string of the molecule is CC(C)CCCC(C)[C@H]1CC[C@H]2[C@@H]3CC=C4C[C@@H](O)CC[C@]4(C)[C@H]3CC[C@]12C.O=C(O)OCC1CO1. The first-order valence-corrected chi connectivity index (χ1v) is 14.9. The number of aliphatic hydroxyl groups is 1. The molecule has 0 aromatic heterocycles. The van der Waals surface area contributed by atoms with Crippen LogP contribution in [0.15, 0.2) is 11.6 Å². The van der Waals surface area contributed by atoms with Crippen molar-refractivity contribution in [3.8, 4) is 0 Å². The van der Waals surface area contributed by atoms with Crippen LogP contribution in [0.3, 0.4) is 0 Å². The number of epoxide rings is 1. The largest absolute Gasteiger partial charge is 0.505 e. The summed E-state index contributed by atoms with van der Waals surface area (Å²) in [5.74, 6) is 5.46. The van der Waals surface area contributed by atoms with Crippen molar-refractivity contribution >= 4 is 6.16 Å². The van der Waals surface area contributed by atoms with Gasteiger partial charge in [0.2, 0.25) is 0 Å². The number of carbonyl (C=O) groups is 1. The van der Waals surface area contributed by atoms with Gasteiger partial charge in [-0.3, -0.25) is 0 Å². The Balaban J connectivity index is 0.000000325. The van der Waals surface area contributed by atoms with Crippen LogP contribution in [-0.2, 0) is 9.47 Å². The molecule has 0 aromatic rings. The summed E-state index contributed by atoms with van der Waals surface area (Å²) >= 11 is 0. The van der Waals surface area contributed by atoms with Crippen LogP contribution in [0.25, 0.3) is 0 Å². The van der Waals surface area contributed by atoms with Crippen LogP contribution in [0, 0.1) is 46.3 Å². The third-order valence-corrected chi connectivity index (χ3v) is 11.1. The molecule has 4 fully saturated rings. The molecule has 3 saturated carbocycles. The molecular weight excluding hydrogens is 452 g/mol. The van der Waals surface area contributed by atoms with E-state index in [-0.39, 0.29) is 18.8 Å². The lowest BCUT2D eigenvalue weighted by Crippen LogP contribution is -2.50. The molecule has 1 aliphatic heterocycles. The van der Waals surface area contributed by atoms with Crippen molar-refractivity contribution in [1.29, 1.82) is 0 Å². The molecule has 5 heteroatoms. The maximum atomic E-state index is 10.2.